The third kappa shape index (κ3) is 2.78. The third-order valence-electron chi connectivity index (χ3n) is 1.99. The number of nitrogens with one attached hydrogen (secondary N) is 1. The van der Waals surface area contributed by atoms with Gasteiger partial charge in [-0.2, -0.15) is 5.10 Å². The topological polar surface area (TPSA) is 128 Å². The van der Waals surface area contributed by atoms with Crippen LogP contribution in [0.1, 0.15) is 0 Å². The van der Waals surface area contributed by atoms with Crippen molar-refractivity contribution in [3.63, 3.8) is 0 Å². The minimum absolute atomic E-state index is 0. The summed E-state index contributed by atoms with van der Waals surface area (Å²) in [7, 11) is 0. The van der Waals surface area contributed by atoms with Crippen molar-refractivity contribution in [2.24, 2.45) is 10.2 Å². The van der Waals surface area contributed by atoms with Crippen LogP contribution in [0.15, 0.2) is 28.4 Å². The fraction of sp³-hybridized carbons (Fsp3) is 0. The van der Waals surface area contributed by atoms with Crippen LogP contribution in [0.5, 0.6) is 5.75 Å². The number of aromatic nitrogens is 2. The van der Waals surface area contributed by atoms with Crippen LogP contribution in [-0.4, -0.2) is 10.2 Å². The molecule has 0 amide bonds. The average molecular weight is 258 g/mol. The van der Waals surface area contributed by atoms with Crippen LogP contribution in [0.3, 0.4) is 0 Å². The Morgan fingerprint density at radius 3 is 2.44 bits per heavy atom. The van der Waals surface area contributed by atoms with Gasteiger partial charge >= 0.3 is 29.6 Å². The van der Waals surface area contributed by atoms with Gasteiger partial charge in [0.15, 0.2) is 11.5 Å². The van der Waals surface area contributed by atoms with Gasteiger partial charge in [0, 0.05) is 0 Å². The normalized spacial score (nSPS) is 10.5. The minimum Gasteiger partial charge on any atom is -0.871 e. The molecule has 0 radical (unpaired) electrons. The summed E-state index contributed by atoms with van der Waals surface area (Å²) in [5, 5.41) is 24.3. The molecule has 0 spiro atoms. The van der Waals surface area contributed by atoms with Gasteiger partial charge in [-0.15, -0.1) is 10.2 Å². The first-order chi connectivity index (χ1) is 8.09. The standard InChI is InChI=1S/C9H9FN6O.Na/c10-4-2-1-3-5(17)6(4)13-14-7-8(11)15-16-9(7)12;/h1-3,17H,(H5,11,12,15,16);/q;+1/p-1. The van der Waals surface area contributed by atoms with Gasteiger partial charge in [-0.1, -0.05) is 17.9 Å². The molecule has 18 heavy (non-hydrogen) atoms. The summed E-state index contributed by atoms with van der Waals surface area (Å²) in [5.41, 5.74) is 10.6. The minimum atomic E-state index is -0.762. The Hall–Kier alpha value is -1.64. The Labute approximate surface area is 123 Å². The number of nitrogens with zero attached hydrogens (tertiary/aromatic N) is 3. The molecule has 7 nitrogen and oxygen atoms in total. The molecule has 0 unspecified atom stereocenters. The number of H-pyrrole nitrogens is 1. The molecule has 1 aromatic carbocycles. The second kappa shape index (κ2) is 5.80. The number of hydrogen-bond donors (Lipinski definition) is 3. The number of benzene rings is 1. The van der Waals surface area contributed by atoms with E-state index in [0.717, 1.165) is 6.07 Å². The Morgan fingerprint density at radius 2 is 1.89 bits per heavy atom. The van der Waals surface area contributed by atoms with E-state index < -0.39 is 17.3 Å². The van der Waals surface area contributed by atoms with Crippen LogP contribution in [0.2, 0.25) is 0 Å². The number of halogens is 1. The third-order valence-corrected chi connectivity index (χ3v) is 1.99. The Bertz CT molecular complexity index is 545. The Morgan fingerprint density at radius 1 is 1.22 bits per heavy atom. The first-order valence-corrected chi connectivity index (χ1v) is 4.56. The maximum absolute atomic E-state index is 13.2. The predicted octanol–water partition coefficient (Wildman–Crippen LogP) is -1.79. The summed E-state index contributed by atoms with van der Waals surface area (Å²) in [6.45, 7) is 0. The van der Waals surface area contributed by atoms with E-state index in [-0.39, 0.29) is 46.9 Å². The molecule has 2 aromatic rings. The number of azo groups is 1. The van der Waals surface area contributed by atoms with Gasteiger partial charge in [-0.25, -0.2) is 4.39 Å². The van der Waals surface area contributed by atoms with E-state index in [1.54, 1.807) is 0 Å². The van der Waals surface area contributed by atoms with Crippen molar-refractivity contribution < 1.29 is 39.1 Å². The van der Waals surface area contributed by atoms with E-state index >= 15 is 0 Å². The van der Waals surface area contributed by atoms with E-state index in [1.807, 2.05) is 0 Å². The summed E-state index contributed by atoms with van der Waals surface area (Å²) >= 11 is 0. The van der Waals surface area contributed by atoms with Crippen LogP contribution in [0.25, 0.3) is 0 Å². The summed E-state index contributed by atoms with van der Waals surface area (Å²) in [6.07, 6.45) is 0. The van der Waals surface area contributed by atoms with E-state index in [1.165, 1.54) is 12.1 Å². The van der Waals surface area contributed by atoms with Crippen molar-refractivity contribution in [1.82, 2.24) is 10.2 Å². The molecule has 0 saturated heterocycles. The molecule has 0 fully saturated rings. The van der Waals surface area contributed by atoms with E-state index in [2.05, 4.69) is 20.4 Å². The first kappa shape index (κ1) is 14.4. The molecular formula is C9H8FN6NaO. The van der Waals surface area contributed by atoms with Crippen molar-refractivity contribution in [3.8, 4) is 5.75 Å². The fourth-order valence-corrected chi connectivity index (χ4v) is 1.16. The predicted molar refractivity (Wildman–Crippen MR) is 57.4 cm³/mol. The molecule has 9 heteroatoms. The molecule has 0 aliphatic rings. The first-order valence-electron chi connectivity index (χ1n) is 4.56. The van der Waals surface area contributed by atoms with Crippen molar-refractivity contribution in [2.45, 2.75) is 0 Å². The number of nitrogen functional groups attached to an aromatic ring is 2. The molecule has 88 valence electrons. The molecule has 5 N–H and O–H groups in total. The van der Waals surface area contributed by atoms with Crippen LogP contribution >= 0.6 is 0 Å². The van der Waals surface area contributed by atoms with Gasteiger partial charge in [0.2, 0.25) is 0 Å². The molecule has 0 aliphatic carbocycles. The van der Waals surface area contributed by atoms with Gasteiger partial charge in [0.05, 0.1) is 0 Å². The smallest absolute Gasteiger partial charge is 0.871 e. The molecule has 0 bridgehead atoms. The zero-order chi connectivity index (χ0) is 12.4. The van der Waals surface area contributed by atoms with E-state index in [9.17, 15) is 9.50 Å². The molecule has 1 heterocycles. The summed E-state index contributed by atoms with van der Waals surface area (Å²) < 4.78 is 13.2. The van der Waals surface area contributed by atoms with Gasteiger partial charge in [-0.05, 0) is 6.07 Å². The van der Waals surface area contributed by atoms with E-state index in [4.69, 9.17) is 11.5 Å². The Balaban J connectivity index is 0.00000162. The number of hydrogen-bond acceptors (Lipinski definition) is 6. The number of nitrogens with two attached hydrogens (primary N) is 2. The summed E-state index contributed by atoms with van der Waals surface area (Å²) in [5.74, 6) is -1.22. The number of rotatable bonds is 2. The van der Waals surface area contributed by atoms with Crippen molar-refractivity contribution >= 4 is 23.0 Å². The maximum atomic E-state index is 13.2. The molecule has 1 aromatic heterocycles. The average Bonchev–Trinajstić information content (AvgIpc) is 2.59. The second-order valence-corrected chi connectivity index (χ2v) is 3.16. The summed E-state index contributed by atoms with van der Waals surface area (Å²) in [6, 6.07) is 3.58. The van der Waals surface area contributed by atoms with Gasteiger partial charge in [-0.3, -0.25) is 5.10 Å². The Kier molecular flexibility index (Phi) is 4.65. The zero-order valence-electron chi connectivity index (χ0n) is 9.51. The largest absolute Gasteiger partial charge is 1.00 e. The second-order valence-electron chi connectivity index (χ2n) is 3.16. The molecule has 2 rings (SSSR count). The van der Waals surface area contributed by atoms with E-state index in [0.29, 0.717) is 0 Å². The van der Waals surface area contributed by atoms with Crippen LogP contribution in [0, 0.1) is 5.82 Å². The molecule has 0 aliphatic heterocycles. The molecular weight excluding hydrogens is 250 g/mol. The van der Waals surface area contributed by atoms with Gasteiger partial charge < -0.3 is 16.6 Å². The molecule has 0 saturated carbocycles. The molecule has 0 atom stereocenters. The number of aromatic amines is 1. The fourth-order valence-electron chi connectivity index (χ4n) is 1.16. The van der Waals surface area contributed by atoms with Crippen molar-refractivity contribution in [3.05, 3.63) is 24.0 Å². The van der Waals surface area contributed by atoms with Crippen molar-refractivity contribution in [1.29, 1.82) is 0 Å². The van der Waals surface area contributed by atoms with Crippen LogP contribution < -0.4 is 46.1 Å². The number of anilines is 2. The maximum Gasteiger partial charge on any atom is 1.00 e. The SMILES string of the molecule is Nc1n[nH]c(N)c1N=Nc1c([O-])cccc1F.[Na+]. The summed E-state index contributed by atoms with van der Waals surface area (Å²) in [4.78, 5) is 0. The quantitative estimate of drug-likeness (QED) is 0.433. The van der Waals surface area contributed by atoms with Crippen molar-refractivity contribution in [2.75, 3.05) is 11.5 Å². The van der Waals surface area contributed by atoms with Crippen LogP contribution in [-0.2, 0) is 0 Å². The van der Waals surface area contributed by atoms with Gasteiger partial charge in [0.25, 0.3) is 0 Å². The zero-order valence-corrected chi connectivity index (χ0v) is 11.5. The van der Waals surface area contributed by atoms with Gasteiger partial charge in [0.1, 0.15) is 17.3 Å². The monoisotopic (exact) mass is 258 g/mol. The van der Waals surface area contributed by atoms with Crippen LogP contribution in [0.4, 0.5) is 27.4 Å².